The summed E-state index contributed by atoms with van der Waals surface area (Å²) in [4.78, 5) is 12.1. The molecule has 0 atom stereocenters. The first-order valence-electron chi connectivity index (χ1n) is 7.64. The van der Waals surface area contributed by atoms with E-state index >= 15 is 0 Å². The zero-order valence-electron chi connectivity index (χ0n) is 12.4. The highest BCUT2D eigenvalue weighted by Gasteiger charge is 2.31. The molecule has 0 unspecified atom stereocenters. The molecule has 0 aliphatic heterocycles. The average molecular weight is 300 g/mol. The zero-order valence-corrected chi connectivity index (χ0v) is 12.4. The number of carbonyl (C=O) groups is 1. The van der Waals surface area contributed by atoms with Gasteiger partial charge in [0.15, 0.2) is 0 Å². The van der Waals surface area contributed by atoms with Crippen LogP contribution in [0.5, 0.6) is 0 Å². The van der Waals surface area contributed by atoms with E-state index in [4.69, 9.17) is 0 Å². The summed E-state index contributed by atoms with van der Waals surface area (Å²) in [6, 6.07) is 7.36. The first-order chi connectivity index (χ1) is 10.6. The van der Waals surface area contributed by atoms with Crippen LogP contribution in [0.15, 0.2) is 36.7 Å². The predicted molar refractivity (Wildman–Crippen MR) is 82.6 cm³/mol. The van der Waals surface area contributed by atoms with Gasteiger partial charge in [0.05, 0.1) is 30.1 Å². The molecule has 116 valence electrons. The van der Waals surface area contributed by atoms with Crippen molar-refractivity contribution in [3.63, 3.8) is 0 Å². The van der Waals surface area contributed by atoms with Crippen LogP contribution in [0, 0.1) is 0 Å². The number of aromatic nitrogens is 3. The Morgan fingerprint density at radius 3 is 2.59 bits per heavy atom. The fourth-order valence-corrected chi connectivity index (χ4v) is 2.93. The smallest absolute Gasteiger partial charge is 0.227 e. The summed E-state index contributed by atoms with van der Waals surface area (Å²) in [5.74, 6) is -0.141. The molecule has 1 amide bonds. The van der Waals surface area contributed by atoms with E-state index in [1.807, 2.05) is 24.3 Å². The maximum absolute atomic E-state index is 12.1. The second-order valence-electron chi connectivity index (χ2n) is 5.90. The lowest BCUT2D eigenvalue weighted by molar-refractivity contribution is -0.122. The molecule has 0 bridgehead atoms. The first-order valence-corrected chi connectivity index (χ1v) is 7.64. The first kappa shape index (κ1) is 14.7. The topological polar surface area (TPSA) is 80.0 Å². The Balaban J connectivity index is 1.59. The molecule has 22 heavy (non-hydrogen) atoms. The minimum absolute atomic E-state index is 0.141. The third-order valence-corrected chi connectivity index (χ3v) is 4.11. The SMILES string of the molecule is O=C(CC1(O)CCCCC1)Nc1ccc(-n2ccnn2)cc1. The van der Waals surface area contributed by atoms with Gasteiger partial charge in [0.25, 0.3) is 0 Å². The molecule has 2 aromatic rings. The van der Waals surface area contributed by atoms with Gasteiger partial charge < -0.3 is 10.4 Å². The molecule has 1 saturated carbocycles. The van der Waals surface area contributed by atoms with Crippen LogP contribution in [0.2, 0.25) is 0 Å². The molecule has 1 aliphatic carbocycles. The Bertz CT molecular complexity index is 616. The number of amides is 1. The van der Waals surface area contributed by atoms with Gasteiger partial charge in [-0.1, -0.05) is 24.5 Å². The molecule has 1 aromatic heterocycles. The minimum atomic E-state index is -0.830. The quantitative estimate of drug-likeness (QED) is 0.908. The molecule has 2 N–H and O–H groups in total. The number of benzene rings is 1. The van der Waals surface area contributed by atoms with Crippen LogP contribution in [0.25, 0.3) is 5.69 Å². The molecule has 0 spiro atoms. The molecule has 1 heterocycles. The summed E-state index contributed by atoms with van der Waals surface area (Å²) in [7, 11) is 0. The molecule has 6 heteroatoms. The van der Waals surface area contributed by atoms with Crippen molar-refractivity contribution in [3.8, 4) is 5.69 Å². The molecule has 1 aromatic carbocycles. The van der Waals surface area contributed by atoms with Crippen LogP contribution in [0.3, 0.4) is 0 Å². The minimum Gasteiger partial charge on any atom is -0.389 e. The Morgan fingerprint density at radius 1 is 1.23 bits per heavy atom. The Labute approximate surface area is 129 Å². The molecule has 3 rings (SSSR count). The van der Waals surface area contributed by atoms with Crippen molar-refractivity contribution in [1.82, 2.24) is 15.0 Å². The van der Waals surface area contributed by atoms with Gasteiger partial charge in [0, 0.05) is 5.69 Å². The summed E-state index contributed by atoms with van der Waals surface area (Å²) in [5, 5.41) is 20.9. The van der Waals surface area contributed by atoms with Gasteiger partial charge in [-0.15, -0.1) is 5.10 Å². The van der Waals surface area contributed by atoms with Crippen molar-refractivity contribution in [2.45, 2.75) is 44.1 Å². The third kappa shape index (κ3) is 3.51. The van der Waals surface area contributed by atoms with Crippen molar-refractivity contribution >= 4 is 11.6 Å². The lowest BCUT2D eigenvalue weighted by atomic mass is 9.82. The Morgan fingerprint density at radius 2 is 1.95 bits per heavy atom. The van der Waals surface area contributed by atoms with Gasteiger partial charge in [-0.25, -0.2) is 4.68 Å². The van der Waals surface area contributed by atoms with E-state index in [-0.39, 0.29) is 12.3 Å². The van der Waals surface area contributed by atoms with Crippen molar-refractivity contribution in [1.29, 1.82) is 0 Å². The summed E-state index contributed by atoms with van der Waals surface area (Å²) >= 11 is 0. The van der Waals surface area contributed by atoms with Crippen LogP contribution in [-0.4, -0.2) is 31.6 Å². The van der Waals surface area contributed by atoms with Crippen molar-refractivity contribution in [2.75, 3.05) is 5.32 Å². The molecule has 0 radical (unpaired) electrons. The second kappa shape index (κ2) is 6.27. The summed E-state index contributed by atoms with van der Waals surface area (Å²) in [5.41, 5.74) is 0.762. The number of anilines is 1. The number of hydrogen-bond donors (Lipinski definition) is 2. The maximum Gasteiger partial charge on any atom is 0.227 e. The Kier molecular flexibility index (Phi) is 4.20. The number of nitrogens with one attached hydrogen (secondary N) is 1. The van der Waals surface area contributed by atoms with Crippen molar-refractivity contribution < 1.29 is 9.90 Å². The van der Waals surface area contributed by atoms with E-state index in [1.54, 1.807) is 17.1 Å². The lowest BCUT2D eigenvalue weighted by Gasteiger charge is -2.31. The highest BCUT2D eigenvalue weighted by Crippen LogP contribution is 2.31. The number of rotatable bonds is 4. The molecule has 6 nitrogen and oxygen atoms in total. The number of nitrogens with zero attached hydrogens (tertiary/aromatic N) is 3. The molecular formula is C16H20N4O2. The lowest BCUT2D eigenvalue weighted by Crippen LogP contribution is -2.35. The van der Waals surface area contributed by atoms with E-state index in [1.165, 1.54) is 0 Å². The normalized spacial score (nSPS) is 17.1. The predicted octanol–water partition coefficient (Wildman–Crippen LogP) is 2.29. The standard InChI is InChI=1S/C16H20N4O2/c21-15(12-16(22)8-2-1-3-9-16)18-13-4-6-14(7-5-13)20-11-10-17-19-20/h4-7,10-11,22H,1-3,8-9,12H2,(H,18,21). The third-order valence-electron chi connectivity index (χ3n) is 4.11. The van der Waals surface area contributed by atoms with E-state index in [0.717, 1.165) is 24.9 Å². The van der Waals surface area contributed by atoms with Gasteiger partial charge >= 0.3 is 0 Å². The maximum atomic E-state index is 12.1. The monoisotopic (exact) mass is 300 g/mol. The zero-order chi connectivity index (χ0) is 15.4. The van der Waals surface area contributed by atoms with Gasteiger partial charge in [-0.3, -0.25) is 4.79 Å². The summed E-state index contributed by atoms with van der Waals surface area (Å²) < 4.78 is 1.65. The number of hydrogen-bond acceptors (Lipinski definition) is 4. The fourth-order valence-electron chi connectivity index (χ4n) is 2.93. The average Bonchev–Trinajstić information content (AvgIpc) is 3.02. The second-order valence-corrected chi connectivity index (χ2v) is 5.90. The van der Waals surface area contributed by atoms with Crippen LogP contribution in [0.1, 0.15) is 38.5 Å². The highest BCUT2D eigenvalue weighted by molar-refractivity contribution is 5.91. The van der Waals surface area contributed by atoms with Crippen molar-refractivity contribution in [2.24, 2.45) is 0 Å². The fraction of sp³-hybridized carbons (Fsp3) is 0.438. The molecule has 1 fully saturated rings. The highest BCUT2D eigenvalue weighted by atomic mass is 16.3. The molecule has 0 saturated heterocycles. The van der Waals surface area contributed by atoms with Crippen LogP contribution >= 0.6 is 0 Å². The van der Waals surface area contributed by atoms with Crippen LogP contribution < -0.4 is 5.32 Å². The van der Waals surface area contributed by atoms with Gasteiger partial charge in [0.1, 0.15) is 0 Å². The van der Waals surface area contributed by atoms with E-state index < -0.39 is 5.60 Å². The van der Waals surface area contributed by atoms with E-state index in [9.17, 15) is 9.90 Å². The molecular weight excluding hydrogens is 280 g/mol. The van der Waals surface area contributed by atoms with E-state index in [0.29, 0.717) is 18.5 Å². The summed E-state index contributed by atoms with van der Waals surface area (Å²) in [6.07, 6.45) is 8.10. The summed E-state index contributed by atoms with van der Waals surface area (Å²) in [6.45, 7) is 0. The largest absolute Gasteiger partial charge is 0.389 e. The van der Waals surface area contributed by atoms with Gasteiger partial charge in [-0.05, 0) is 37.1 Å². The van der Waals surface area contributed by atoms with Gasteiger partial charge in [0.2, 0.25) is 5.91 Å². The Hall–Kier alpha value is -2.21. The van der Waals surface area contributed by atoms with Crippen LogP contribution in [0.4, 0.5) is 5.69 Å². The number of aliphatic hydroxyl groups is 1. The van der Waals surface area contributed by atoms with Gasteiger partial charge in [-0.2, -0.15) is 0 Å². The van der Waals surface area contributed by atoms with Crippen LogP contribution in [-0.2, 0) is 4.79 Å². The van der Waals surface area contributed by atoms with Crippen molar-refractivity contribution in [3.05, 3.63) is 36.7 Å². The number of carbonyl (C=O) groups excluding carboxylic acids is 1. The van der Waals surface area contributed by atoms with E-state index in [2.05, 4.69) is 15.6 Å². The molecule has 1 aliphatic rings.